The molecule has 3 aromatic carbocycles. The number of benzene rings is 3. The van der Waals surface area contributed by atoms with E-state index in [1.807, 2.05) is 31.2 Å². The van der Waals surface area contributed by atoms with Crippen molar-refractivity contribution in [2.45, 2.75) is 44.0 Å². The zero-order valence-electron chi connectivity index (χ0n) is 17.7. The molecule has 0 fully saturated rings. The molecule has 0 aliphatic heterocycles. The van der Waals surface area contributed by atoms with E-state index in [2.05, 4.69) is 22.2 Å². The van der Waals surface area contributed by atoms with Gasteiger partial charge in [0.2, 0.25) is 0 Å². The van der Waals surface area contributed by atoms with Crippen molar-refractivity contribution in [3.63, 3.8) is 0 Å². The SMILES string of the molecule is Cc1ccccc1NS(=O)(=O)c1cc(C(=O)NC2CCCc3ccccc32)ccc1C. The van der Waals surface area contributed by atoms with Crippen molar-refractivity contribution in [1.82, 2.24) is 5.32 Å². The Morgan fingerprint density at radius 3 is 2.48 bits per heavy atom. The van der Waals surface area contributed by atoms with Crippen molar-refractivity contribution < 1.29 is 13.2 Å². The number of hydrogen-bond donors (Lipinski definition) is 2. The molecule has 4 rings (SSSR count). The molecule has 0 saturated heterocycles. The highest BCUT2D eigenvalue weighted by Gasteiger charge is 2.24. The Hall–Kier alpha value is -3.12. The van der Waals surface area contributed by atoms with Crippen LogP contribution in [-0.4, -0.2) is 14.3 Å². The predicted octanol–water partition coefficient (Wildman–Crippen LogP) is 4.91. The standard InChI is InChI=1S/C25H26N2O3S/c1-17-8-3-6-12-22(17)27-31(29,30)24-16-20(15-14-18(24)2)25(28)26-23-13-7-10-19-9-4-5-11-21(19)23/h3-6,8-9,11-12,14-16,23,27H,7,10,13H2,1-2H3,(H,26,28). The van der Waals surface area contributed by atoms with Crippen LogP contribution in [0, 0.1) is 13.8 Å². The van der Waals surface area contributed by atoms with E-state index in [0.29, 0.717) is 16.8 Å². The highest BCUT2D eigenvalue weighted by Crippen LogP contribution is 2.30. The monoisotopic (exact) mass is 434 g/mol. The van der Waals surface area contributed by atoms with Crippen LogP contribution in [0.25, 0.3) is 0 Å². The molecule has 0 heterocycles. The first kappa shape index (κ1) is 21.1. The van der Waals surface area contributed by atoms with Crippen LogP contribution in [0.1, 0.15) is 51.5 Å². The summed E-state index contributed by atoms with van der Waals surface area (Å²) in [7, 11) is -3.83. The van der Waals surface area contributed by atoms with Crippen molar-refractivity contribution in [2.75, 3.05) is 4.72 Å². The lowest BCUT2D eigenvalue weighted by Gasteiger charge is -2.26. The third-order valence-corrected chi connectivity index (χ3v) is 7.31. The van der Waals surface area contributed by atoms with Gasteiger partial charge >= 0.3 is 0 Å². The van der Waals surface area contributed by atoms with Crippen LogP contribution in [0.5, 0.6) is 0 Å². The zero-order chi connectivity index (χ0) is 22.0. The van der Waals surface area contributed by atoms with Crippen LogP contribution in [0.4, 0.5) is 5.69 Å². The smallest absolute Gasteiger partial charge is 0.262 e. The number of amides is 1. The number of hydrogen-bond acceptors (Lipinski definition) is 3. The highest BCUT2D eigenvalue weighted by atomic mass is 32.2. The molecular weight excluding hydrogens is 408 g/mol. The molecule has 1 atom stereocenters. The maximum atomic E-state index is 13.1. The largest absolute Gasteiger partial charge is 0.345 e. The Labute approximate surface area is 183 Å². The van der Waals surface area contributed by atoms with Crippen LogP contribution in [0.15, 0.2) is 71.6 Å². The number of carbonyl (C=O) groups is 1. The molecule has 0 saturated carbocycles. The second kappa shape index (κ2) is 8.55. The molecule has 0 radical (unpaired) electrons. The van der Waals surface area contributed by atoms with E-state index in [4.69, 9.17) is 0 Å². The molecule has 5 nitrogen and oxygen atoms in total. The van der Waals surface area contributed by atoms with E-state index >= 15 is 0 Å². The number of nitrogens with one attached hydrogen (secondary N) is 2. The Balaban J connectivity index is 1.59. The van der Waals surface area contributed by atoms with Crippen molar-refractivity contribution in [3.05, 3.63) is 94.5 Å². The van der Waals surface area contributed by atoms with E-state index < -0.39 is 10.0 Å². The van der Waals surface area contributed by atoms with Crippen LogP contribution in [0.2, 0.25) is 0 Å². The van der Waals surface area contributed by atoms with Gasteiger partial charge in [0.1, 0.15) is 0 Å². The summed E-state index contributed by atoms with van der Waals surface area (Å²) in [5, 5.41) is 3.09. The Morgan fingerprint density at radius 2 is 1.68 bits per heavy atom. The summed E-state index contributed by atoms with van der Waals surface area (Å²) in [5.74, 6) is -0.269. The maximum Gasteiger partial charge on any atom is 0.262 e. The van der Waals surface area contributed by atoms with Gasteiger partial charge in [0.25, 0.3) is 15.9 Å². The van der Waals surface area contributed by atoms with Gasteiger partial charge in [0.15, 0.2) is 0 Å². The number of fused-ring (bicyclic) bond motifs is 1. The lowest BCUT2D eigenvalue weighted by molar-refractivity contribution is 0.0932. The molecule has 31 heavy (non-hydrogen) atoms. The predicted molar refractivity (Wildman–Crippen MR) is 123 cm³/mol. The first-order valence-electron chi connectivity index (χ1n) is 10.4. The molecule has 1 amide bonds. The summed E-state index contributed by atoms with van der Waals surface area (Å²) in [6.45, 7) is 3.57. The minimum absolute atomic E-state index is 0.0658. The zero-order valence-corrected chi connectivity index (χ0v) is 18.5. The summed E-state index contributed by atoms with van der Waals surface area (Å²) in [6.07, 6.45) is 2.89. The molecule has 1 aliphatic rings. The Morgan fingerprint density at radius 1 is 0.935 bits per heavy atom. The summed E-state index contributed by atoms with van der Waals surface area (Å²) in [5.41, 5.74) is 4.67. The molecule has 2 N–H and O–H groups in total. The quantitative estimate of drug-likeness (QED) is 0.599. The maximum absolute atomic E-state index is 13.1. The van der Waals surface area contributed by atoms with Gasteiger partial charge in [0, 0.05) is 5.56 Å². The van der Waals surface area contributed by atoms with Gasteiger partial charge in [-0.25, -0.2) is 8.42 Å². The minimum Gasteiger partial charge on any atom is -0.345 e. The minimum atomic E-state index is -3.83. The molecule has 6 heteroatoms. The second-order valence-electron chi connectivity index (χ2n) is 8.02. The van der Waals surface area contributed by atoms with E-state index in [1.165, 1.54) is 11.6 Å². The molecular formula is C25H26N2O3S. The molecule has 1 aliphatic carbocycles. The molecule has 1 unspecified atom stereocenters. The van der Waals surface area contributed by atoms with E-state index in [1.54, 1.807) is 31.2 Å². The van der Waals surface area contributed by atoms with Crippen molar-refractivity contribution >= 4 is 21.6 Å². The fraction of sp³-hybridized carbons (Fsp3) is 0.240. The van der Waals surface area contributed by atoms with Gasteiger partial charge in [-0.1, -0.05) is 48.5 Å². The summed E-state index contributed by atoms with van der Waals surface area (Å²) >= 11 is 0. The Kier molecular flexibility index (Phi) is 5.83. The number of sulfonamides is 1. The summed E-state index contributed by atoms with van der Waals surface area (Å²) in [6, 6.07) is 20.1. The Bertz CT molecular complexity index is 1240. The summed E-state index contributed by atoms with van der Waals surface area (Å²) < 4.78 is 28.8. The topological polar surface area (TPSA) is 75.3 Å². The van der Waals surface area contributed by atoms with Gasteiger partial charge in [0.05, 0.1) is 16.6 Å². The first-order chi connectivity index (χ1) is 14.8. The number of aryl methyl sites for hydroxylation is 3. The fourth-order valence-electron chi connectivity index (χ4n) is 4.06. The molecule has 0 aromatic heterocycles. The first-order valence-corrected chi connectivity index (χ1v) is 11.9. The summed E-state index contributed by atoms with van der Waals surface area (Å²) in [4.78, 5) is 13.1. The van der Waals surface area contributed by atoms with Crippen molar-refractivity contribution in [3.8, 4) is 0 Å². The van der Waals surface area contributed by atoms with Crippen molar-refractivity contribution in [2.24, 2.45) is 0 Å². The average Bonchev–Trinajstić information content (AvgIpc) is 2.75. The molecule has 3 aromatic rings. The third-order valence-electron chi connectivity index (χ3n) is 5.80. The van der Waals surface area contributed by atoms with Gasteiger partial charge in [-0.3, -0.25) is 9.52 Å². The fourth-order valence-corrected chi connectivity index (χ4v) is 5.47. The van der Waals surface area contributed by atoms with Crippen LogP contribution in [-0.2, 0) is 16.4 Å². The normalized spacial score (nSPS) is 15.7. The highest BCUT2D eigenvalue weighted by molar-refractivity contribution is 7.92. The van der Waals surface area contributed by atoms with Gasteiger partial charge in [-0.05, 0) is 73.6 Å². The lowest BCUT2D eigenvalue weighted by Crippen LogP contribution is -2.31. The van der Waals surface area contributed by atoms with Gasteiger partial charge < -0.3 is 5.32 Å². The third kappa shape index (κ3) is 4.49. The number of rotatable bonds is 5. The van der Waals surface area contributed by atoms with E-state index in [9.17, 15) is 13.2 Å². The molecule has 160 valence electrons. The van der Waals surface area contributed by atoms with Crippen molar-refractivity contribution in [1.29, 1.82) is 0 Å². The number of para-hydroxylation sites is 1. The average molecular weight is 435 g/mol. The van der Waals surface area contributed by atoms with E-state index in [-0.39, 0.29) is 16.8 Å². The lowest BCUT2D eigenvalue weighted by atomic mass is 9.87. The second-order valence-corrected chi connectivity index (χ2v) is 9.67. The number of carbonyl (C=O) groups excluding carboxylic acids is 1. The van der Waals surface area contributed by atoms with Gasteiger partial charge in [-0.2, -0.15) is 0 Å². The molecule has 0 bridgehead atoms. The van der Waals surface area contributed by atoms with E-state index in [0.717, 1.165) is 30.4 Å². The van der Waals surface area contributed by atoms with Crippen LogP contribution < -0.4 is 10.0 Å². The number of anilines is 1. The van der Waals surface area contributed by atoms with Gasteiger partial charge in [-0.15, -0.1) is 0 Å². The molecule has 0 spiro atoms. The van der Waals surface area contributed by atoms with Crippen LogP contribution >= 0.6 is 0 Å². The van der Waals surface area contributed by atoms with Crippen LogP contribution in [0.3, 0.4) is 0 Å².